The standard InChI is InChI=1S/C14H20N4O/c1-4-12-16-10-7-5-6-8-11(10)18(12)9-14(2,3)13(19)17-15/h5-8H,4,9,15H2,1-3H3,(H,17,19). The van der Waals surface area contributed by atoms with E-state index in [1.165, 1.54) is 0 Å². The second kappa shape index (κ2) is 5.01. The van der Waals surface area contributed by atoms with Gasteiger partial charge in [0.1, 0.15) is 5.82 Å². The van der Waals surface area contributed by atoms with Gasteiger partial charge in [-0.15, -0.1) is 0 Å². The molecule has 0 saturated heterocycles. The van der Waals surface area contributed by atoms with E-state index >= 15 is 0 Å². The van der Waals surface area contributed by atoms with Gasteiger partial charge in [-0.2, -0.15) is 0 Å². The first kappa shape index (κ1) is 13.5. The summed E-state index contributed by atoms with van der Waals surface area (Å²) < 4.78 is 2.10. The van der Waals surface area contributed by atoms with E-state index in [4.69, 9.17) is 5.84 Å². The van der Waals surface area contributed by atoms with Crippen molar-refractivity contribution >= 4 is 16.9 Å². The number of rotatable bonds is 4. The zero-order valence-corrected chi connectivity index (χ0v) is 11.6. The Balaban J connectivity index is 2.47. The van der Waals surface area contributed by atoms with Crippen LogP contribution in [0.5, 0.6) is 0 Å². The van der Waals surface area contributed by atoms with Crippen LogP contribution in [0.4, 0.5) is 0 Å². The maximum Gasteiger partial charge on any atom is 0.241 e. The summed E-state index contributed by atoms with van der Waals surface area (Å²) in [6.07, 6.45) is 0.828. The van der Waals surface area contributed by atoms with Crippen molar-refractivity contribution in [1.82, 2.24) is 15.0 Å². The number of imidazole rings is 1. The number of benzene rings is 1. The molecule has 0 aliphatic rings. The Bertz CT molecular complexity index is 601. The van der Waals surface area contributed by atoms with Gasteiger partial charge in [-0.3, -0.25) is 10.2 Å². The molecule has 0 radical (unpaired) electrons. The highest BCUT2D eigenvalue weighted by atomic mass is 16.2. The van der Waals surface area contributed by atoms with Crippen molar-refractivity contribution in [2.45, 2.75) is 33.7 Å². The maximum absolute atomic E-state index is 11.8. The first-order chi connectivity index (χ1) is 8.99. The number of carbonyl (C=O) groups is 1. The molecule has 102 valence electrons. The lowest BCUT2D eigenvalue weighted by molar-refractivity contribution is -0.130. The molecule has 5 nitrogen and oxygen atoms in total. The number of nitrogens with two attached hydrogens (primary N) is 1. The van der Waals surface area contributed by atoms with Crippen molar-refractivity contribution < 1.29 is 4.79 Å². The highest BCUT2D eigenvalue weighted by molar-refractivity contribution is 5.82. The molecule has 0 bridgehead atoms. The van der Waals surface area contributed by atoms with Gasteiger partial charge in [0.25, 0.3) is 0 Å². The zero-order valence-electron chi connectivity index (χ0n) is 11.6. The minimum Gasteiger partial charge on any atom is -0.327 e. The van der Waals surface area contributed by atoms with E-state index in [0.717, 1.165) is 23.3 Å². The van der Waals surface area contributed by atoms with E-state index in [0.29, 0.717) is 6.54 Å². The molecule has 1 aromatic carbocycles. The van der Waals surface area contributed by atoms with E-state index in [1.807, 2.05) is 38.1 Å². The molecule has 1 amide bonds. The van der Waals surface area contributed by atoms with Crippen molar-refractivity contribution in [2.24, 2.45) is 11.3 Å². The van der Waals surface area contributed by atoms with Crippen LogP contribution in [0.2, 0.25) is 0 Å². The maximum atomic E-state index is 11.8. The van der Waals surface area contributed by atoms with Crippen molar-refractivity contribution in [2.75, 3.05) is 0 Å². The number of hydrogen-bond acceptors (Lipinski definition) is 3. The Kier molecular flexibility index (Phi) is 3.57. The summed E-state index contributed by atoms with van der Waals surface area (Å²) in [6.45, 7) is 6.38. The minimum atomic E-state index is -0.581. The SMILES string of the molecule is CCc1nc2ccccc2n1CC(C)(C)C(=O)NN. The van der Waals surface area contributed by atoms with Crippen LogP contribution in [0.25, 0.3) is 11.0 Å². The summed E-state index contributed by atoms with van der Waals surface area (Å²) in [6, 6.07) is 7.96. The monoisotopic (exact) mass is 260 g/mol. The largest absolute Gasteiger partial charge is 0.327 e. The number of amides is 1. The number of nitrogens with zero attached hydrogens (tertiary/aromatic N) is 2. The van der Waals surface area contributed by atoms with E-state index in [9.17, 15) is 4.79 Å². The summed E-state index contributed by atoms with van der Waals surface area (Å²) in [5.41, 5.74) is 3.66. The van der Waals surface area contributed by atoms with Crippen LogP contribution in [0.1, 0.15) is 26.6 Å². The smallest absolute Gasteiger partial charge is 0.241 e. The van der Waals surface area contributed by atoms with E-state index in [-0.39, 0.29) is 5.91 Å². The lowest BCUT2D eigenvalue weighted by Gasteiger charge is -2.24. The summed E-state index contributed by atoms with van der Waals surface area (Å²) in [5.74, 6) is 6.06. The van der Waals surface area contributed by atoms with Crippen molar-refractivity contribution in [3.8, 4) is 0 Å². The molecular weight excluding hydrogens is 240 g/mol. The molecule has 2 aromatic rings. The summed E-state index contributed by atoms with van der Waals surface area (Å²) in [4.78, 5) is 16.4. The highest BCUT2D eigenvalue weighted by Gasteiger charge is 2.29. The van der Waals surface area contributed by atoms with Crippen LogP contribution in [0.3, 0.4) is 0 Å². The number of nitrogens with one attached hydrogen (secondary N) is 1. The number of aryl methyl sites for hydroxylation is 1. The first-order valence-corrected chi connectivity index (χ1v) is 6.45. The Labute approximate surface area is 112 Å². The minimum absolute atomic E-state index is 0.174. The number of hydrazine groups is 1. The van der Waals surface area contributed by atoms with Crippen LogP contribution >= 0.6 is 0 Å². The van der Waals surface area contributed by atoms with Gasteiger partial charge in [-0.25, -0.2) is 10.8 Å². The molecule has 0 unspecified atom stereocenters. The van der Waals surface area contributed by atoms with Crippen LogP contribution in [0, 0.1) is 5.41 Å². The Morgan fingerprint density at radius 2 is 2.11 bits per heavy atom. The van der Waals surface area contributed by atoms with Gasteiger partial charge in [0, 0.05) is 13.0 Å². The highest BCUT2D eigenvalue weighted by Crippen LogP contribution is 2.24. The lowest BCUT2D eigenvalue weighted by Crippen LogP contribution is -2.43. The van der Waals surface area contributed by atoms with Gasteiger partial charge >= 0.3 is 0 Å². The van der Waals surface area contributed by atoms with Crippen molar-refractivity contribution in [1.29, 1.82) is 0 Å². The molecule has 0 fully saturated rings. The summed E-state index contributed by atoms with van der Waals surface area (Å²) >= 11 is 0. The van der Waals surface area contributed by atoms with Gasteiger partial charge in [0.15, 0.2) is 0 Å². The molecule has 0 atom stereocenters. The number of fused-ring (bicyclic) bond motifs is 1. The third-order valence-electron chi connectivity index (χ3n) is 3.35. The van der Waals surface area contributed by atoms with Crippen molar-refractivity contribution in [3.05, 3.63) is 30.1 Å². The predicted octanol–water partition coefficient (Wildman–Crippen LogP) is 1.61. The van der Waals surface area contributed by atoms with Gasteiger partial charge in [0.2, 0.25) is 5.91 Å². The van der Waals surface area contributed by atoms with Gasteiger partial charge in [-0.1, -0.05) is 19.1 Å². The molecule has 1 aromatic heterocycles. The normalized spacial score (nSPS) is 11.8. The fourth-order valence-corrected chi connectivity index (χ4v) is 2.23. The molecule has 0 saturated carbocycles. The van der Waals surface area contributed by atoms with Crippen LogP contribution in [-0.2, 0) is 17.8 Å². The fourth-order valence-electron chi connectivity index (χ4n) is 2.23. The van der Waals surface area contributed by atoms with Gasteiger partial charge < -0.3 is 4.57 Å². The zero-order chi connectivity index (χ0) is 14.0. The fraction of sp³-hybridized carbons (Fsp3) is 0.429. The molecule has 0 aliphatic heterocycles. The third kappa shape index (κ3) is 2.46. The molecule has 5 heteroatoms. The van der Waals surface area contributed by atoms with E-state index < -0.39 is 5.41 Å². The van der Waals surface area contributed by atoms with E-state index in [1.54, 1.807) is 0 Å². The number of hydrogen-bond donors (Lipinski definition) is 2. The molecule has 0 spiro atoms. The topological polar surface area (TPSA) is 72.9 Å². The second-order valence-corrected chi connectivity index (χ2v) is 5.31. The Hall–Kier alpha value is -1.88. The summed E-state index contributed by atoms with van der Waals surface area (Å²) in [7, 11) is 0. The van der Waals surface area contributed by atoms with Crippen LogP contribution in [-0.4, -0.2) is 15.5 Å². The third-order valence-corrected chi connectivity index (χ3v) is 3.35. The Morgan fingerprint density at radius 3 is 2.74 bits per heavy atom. The van der Waals surface area contributed by atoms with E-state index in [2.05, 4.69) is 21.9 Å². The lowest BCUT2D eigenvalue weighted by atomic mass is 9.92. The van der Waals surface area contributed by atoms with Crippen LogP contribution < -0.4 is 11.3 Å². The molecule has 2 rings (SSSR count). The molecule has 19 heavy (non-hydrogen) atoms. The number of carbonyl (C=O) groups excluding carboxylic acids is 1. The number of aromatic nitrogens is 2. The molecular formula is C14H20N4O. The second-order valence-electron chi connectivity index (χ2n) is 5.31. The van der Waals surface area contributed by atoms with Gasteiger partial charge in [0.05, 0.1) is 16.4 Å². The van der Waals surface area contributed by atoms with Gasteiger partial charge in [-0.05, 0) is 26.0 Å². The first-order valence-electron chi connectivity index (χ1n) is 6.45. The Morgan fingerprint density at radius 1 is 1.42 bits per heavy atom. The molecule has 1 heterocycles. The average molecular weight is 260 g/mol. The molecule has 0 aliphatic carbocycles. The average Bonchev–Trinajstić information content (AvgIpc) is 2.75. The van der Waals surface area contributed by atoms with Crippen LogP contribution in [0.15, 0.2) is 24.3 Å². The summed E-state index contributed by atoms with van der Waals surface area (Å²) in [5, 5.41) is 0. The predicted molar refractivity (Wildman–Crippen MR) is 75.2 cm³/mol. The number of para-hydroxylation sites is 2. The quantitative estimate of drug-likeness (QED) is 0.498. The molecule has 3 N–H and O–H groups in total. The van der Waals surface area contributed by atoms with Crippen molar-refractivity contribution in [3.63, 3.8) is 0 Å².